The third kappa shape index (κ3) is 5.34. The van der Waals surface area contributed by atoms with Crippen molar-refractivity contribution in [3.05, 3.63) is 69.9 Å². The molecule has 5 nitrogen and oxygen atoms in total. The predicted octanol–water partition coefficient (Wildman–Crippen LogP) is 4.11. The van der Waals surface area contributed by atoms with Gasteiger partial charge in [-0.3, -0.25) is 0 Å². The fourth-order valence-corrected chi connectivity index (χ4v) is 3.45. The second-order valence-electron chi connectivity index (χ2n) is 6.78. The van der Waals surface area contributed by atoms with E-state index < -0.39 is 14.3 Å². The Morgan fingerprint density at radius 1 is 1.19 bits per heavy atom. The summed E-state index contributed by atoms with van der Waals surface area (Å²) in [4.78, 5) is 12.2. The normalized spacial score (nSPS) is 12.3. The number of hydrogen-bond donors (Lipinski definition) is 1. The largest absolute Gasteiger partial charge is 0.623 e. The van der Waals surface area contributed by atoms with Gasteiger partial charge in [0.2, 0.25) is 20.6 Å². The number of anilines is 1. The molecule has 138 valence electrons. The molecule has 7 heteroatoms. The Balaban J connectivity index is 2.55. The Bertz CT molecular complexity index is 817. The Kier molecular flexibility index (Phi) is 6.45. The van der Waals surface area contributed by atoms with Crippen LogP contribution in [0, 0.1) is 5.21 Å². The fraction of sp³-hybridized carbons (Fsp3) is 0.263. The molecule has 0 amide bonds. The fourth-order valence-electron chi connectivity index (χ4n) is 2.53. The van der Waals surface area contributed by atoms with E-state index in [0.717, 1.165) is 5.69 Å². The maximum Gasteiger partial charge on any atom is 0.360 e. The molecule has 0 aliphatic heterocycles. The summed E-state index contributed by atoms with van der Waals surface area (Å²) in [6.45, 7) is 5.32. The molecule has 0 heterocycles. The molecule has 26 heavy (non-hydrogen) atoms. The minimum Gasteiger partial charge on any atom is -0.623 e. The van der Waals surface area contributed by atoms with Crippen molar-refractivity contribution in [3.8, 4) is 0 Å². The van der Waals surface area contributed by atoms with Crippen LogP contribution in [0.25, 0.3) is 0 Å². The predicted molar refractivity (Wildman–Crippen MR) is 109 cm³/mol. The zero-order chi connectivity index (χ0) is 19.3. The van der Waals surface area contributed by atoms with Crippen LogP contribution in [0.15, 0.2) is 48.5 Å². The van der Waals surface area contributed by atoms with Crippen molar-refractivity contribution in [2.24, 2.45) is 0 Å². The van der Waals surface area contributed by atoms with Gasteiger partial charge in [0.05, 0.1) is 5.56 Å². The van der Waals surface area contributed by atoms with Crippen molar-refractivity contribution >= 4 is 37.3 Å². The van der Waals surface area contributed by atoms with Gasteiger partial charge < -0.3 is 15.0 Å². The molecule has 0 radical (unpaired) electrons. The summed E-state index contributed by atoms with van der Waals surface area (Å²) in [5.41, 5.74) is 2.43. The van der Waals surface area contributed by atoms with Crippen LogP contribution in [0.1, 0.15) is 11.1 Å². The van der Waals surface area contributed by atoms with Gasteiger partial charge in [0.25, 0.3) is 0 Å². The van der Waals surface area contributed by atoms with Gasteiger partial charge in [0.15, 0.2) is 0 Å². The zero-order valence-corrected chi connectivity index (χ0v) is 17.1. The summed E-state index contributed by atoms with van der Waals surface area (Å²) >= 11 is 6.16. The van der Waals surface area contributed by atoms with E-state index in [1.807, 2.05) is 50.0 Å². The maximum atomic E-state index is 12.9. The Hall–Kier alpha value is -2.31. The van der Waals surface area contributed by atoms with Crippen LogP contribution in [0.3, 0.4) is 0 Å². The Labute approximate surface area is 160 Å². The average Bonchev–Trinajstić information content (AvgIpc) is 2.54. The number of hydrogen-bond acceptors (Lipinski definition) is 4. The highest BCUT2D eigenvalue weighted by Crippen LogP contribution is 2.24. The van der Waals surface area contributed by atoms with Crippen LogP contribution in [0.4, 0.5) is 5.69 Å². The summed E-state index contributed by atoms with van der Waals surface area (Å²) in [6, 6.07) is 14.5. The molecule has 0 fully saturated rings. The second-order valence-corrected chi connectivity index (χ2v) is 11.6. The Morgan fingerprint density at radius 3 is 2.42 bits per heavy atom. The van der Waals surface area contributed by atoms with E-state index in [2.05, 4.69) is 5.32 Å². The molecule has 0 bridgehead atoms. The number of benzene rings is 2. The van der Waals surface area contributed by atoms with Crippen LogP contribution >= 0.6 is 11.6 Å². The van der Waals surface area contributed by atoms with Gasteiger partial charge in [-0.25, -0.2) is 4.79 Å². The topological polar surface area (TPSA) is 64.4 Å². The van der Waals surface area contributed by atoms with Gasteiger partial charge in [-0.05, 0) is 50.0 Å². The number of carbonyl (C=O) groups is 1. The van der Waals surface area contributed by atoms with Gasteiger partial charge in [-0.1, -0.05) is 29.8 Å². The smallest absolute Gasteiger partial charge is 0.360 e. The molecule has 0 atom stereocenters. The molecule has 0 aliphatic carbocycles. The molecular formula is C19H23ClN2O3Si. The molecule has 0 unspecified atom stereocenters. The van der Waals surface area contributed by atoms with Gasteiger partial charge in [-0.2, -0.15) is 4.74 Å². The van der Waals surface area contributed by atoms with Crippen molar-refractivity contribution in [3.63, 3.8) is 0 Å². The molecule has 2 aromatic rings. The highest BCUT2D eigenvalue weighted by Gasteiger charge is 2.25. The highest BCUT2D eigenvalue weighted by atomic mass is 35.5. The first-order valence-electron chi connectivity index (χ1n) is 8.28. The van der Waals surface area contributed by atoms with Crippen LogP contribution in [0.2, 0.25) is 24.7 Å². The first-order valence-corrected chi connectivity index (χ1v) is 12.1. The van der Waals surface area contributed by atoms with E-state index in [4.69, 9.17) is 16.0 Å². The van der Waals surface area contributed by atoms with E-state index in [0.29, 0.717) is 26.6 Å². The summed E-state index contributed by atoms with van der Waals surface area (Å²) in [5.74, 6) is -0.527. The maximum absolute atomic E-state index is 12.9. The number of hydroxylamine groups is 1. The third-order valence-electron chi connectivity index (χ3n) is 3.50. The van der Waals surface area contributed by atoms with Crippen molar-refractivity contribution in [1.29, 1.82) is 0 Å². The summed E-state index contributed by atoms with van der Waals surface area (Å²) < 4.78 is 6.08. The lowest BCUT2D eigenvalue weighted by Crippen LogP contribution is -2.34. The monoisotopic (exact) mass is 390 g/mol. The molecular weight excluding hydrogens is 368 g/mol. The van der Waals surface area contributed by atoms with Crippen molar-refractivity contribution in [2.75, 3.05) is 18.9 Å². The lowest BCUT2D eigenvalue weighted by atomic mass is 10.0. The van der Waals surface area contributed by atoms with E-state index in [9.17, 15) is 10.0 Å². The lowest BCUT2D eigenvalue weighted by molar-refractivity contribution is -0.446. The van der Waals surface area contributed by atoms with Crippen LogP contribution < -0.4 is 5.32 Å². The zero-order valence-electron chi connectivity index (χ0n) is 15.4. The van der Waals surface area contributed by atoms with Gasteiger partial charge in [0.1, 0.15) is 0 Å². The SMILES string of the molecule is CNc1ccc(Cl)cc1C(c1ccccc1)=[N+]([O-])CC(=O)O[Si](C)(C)C. The van der Waals surface area contributed by atoms with Gasteiger partial charge >= 0.3 is 5.97 Å². The van der Waals surface area contributed by atoms with Crippen LogP contribution in [0.5, 0.6) is 0 Å². The molecule has 0 aromatic heterocycles. The van der Waals surface area contributed by atoms with Crippen molar-refractivity contribution in [2.45, 2.75) is 19.6 Å². The van der Waals surface area contributed by atoms with E-state index >= 15 is 0 Å². The van der Waals surface area contributed by atoms with Gasteiger partial charge in [0, 0.05) is 23.3 Å². The van der Waals surface area contributed by atoms with Crippen LogP contribution in [-0.4, -0.2) is 38.3 Å². The third-order valence-corrected chi connectivity index (χ3v) is 4.57. The summed E-state index contributed by atoms with van der Waals surface area (Å²) in [7, 11) is -0.297. The summed E-state index contributed by atoms with van der Waals surface area (Å²) in [6.07, 6.45) is 0. The van der Waals surface area contributed by atoms with Crippen molar-refractivity contribution in [1.82, 2.24) is 0 Å². The molecule has 0 aliphatic rings. The number of nitrogens with zero attached hydrogens (tertiary/aromatic N) is 1. The molecule has 2 rings (SSSR count). The lowest BCUT2D eigenvalue weighted by Gasteiger charge is -2.18. The number of halogens is 1. The standard InChI is InChI=1S/C19H23ClN2O3Si/c1-21-17-11-10-15(20)12-16(17)19(14-8-6-5-7-9-14)22(24)13-18(23)25-26(2,3)4/h5-12,21H,13H2,1-4H3. The van der Waals surface area contributed by atoms with E-state index in [1.54, 1.807) is 25.2 Å². The first kappa shape index (κ1) is 20.0. The average molecular weight is 391 g/mol. The molecule has 0 saturated heterocycles. The molecule has 0 saturated carbocycles. The van der Waals surface area contributed by atoms with Crippen molar-refractivity contribution < 1.29 is 14.0 Å². The van der Waals surface area contributed by atoms with Gasteiger partial charge in [-0.15, -0.1) is 0 Å². The minimum atomic E-state index is -2.07. The molecule has 0 spiro atoms. The molecule has 1 N–H and O–H groups in total. The van der Waals surface area contributed by atoms with E-state index in [-0.39, 0.29) is 6.54 Å². The minimum absolute atomic E-state index is 0.366. The quantitative estimate of drug-likeness (QED) is 0.265. The van der Waals surface area contributed by atoms with E-state index in [1.165, 1.54) is 0 Å². The number of nitrogens with one attached hydrogen (secondary N) is 1. The number of carbonyl (C=O) groups excluding carboxylic acids is 1. The highest BCUT2D eigenvalue weighted by molar-refractivity contribution is 6.71. The van der Waals surface area contributed by atoms with Crippen LogP contribution in [-0.2, 0) is 9.22 Å². The second kappa shape index (κ2) is 8.38. The summed E-state index contributed by atoms with van der Waals surface area (Å²) in [5, 5.41) is 16.5. The first-order chi connectivity index (χ1) is 12.2. The molecule has 2 aromatic carbocycles. The number of rotatable bonds is 6. The Morgan fingerprint density at radius 2 is 1.85 bits per heavy atom.